The van der Waals surface area contributed by atoms with Gasteiger partial charge in [-0.25, -0.2) is 17.2 Å². The zero-order valence-corrected chi connectivity index (χ0v) is 12.6. The molecule has 0 amide bonds. The lowest BCUT2D eigenvalue weighted by atomic mass is 10.3. The first kappa shape index (κ1) is 15.8. The van der Waals surface area contributed by atoms with Gasteiger partial charge in [0.25, 0.3) is 0 Å². The molecule has 0 spiro atoms. The van der Waals surface area contributed by atoms with Gasteiger partial charge in [0.05, 0.1) is 5.75 Å². The smallest absolute Gasteiger partial charge is 0.185 e. The van der Waals surface area contributed by atoms with Crippen LogP contribution in [0.5, 0.6) is 0 Å². The Labute approximate surface area is 126 Å². The Hall–Kier alpha value is -1.60. The van der Waals surface area contributed by atoms with Crippen LogP contribution in [0.4, 0.5) is 14.5 Å². The number of benzene rings is 2. The van der Waals surface area contributed by atoms with Gasteiger partial charge in [-0.3, -0.25) is 0 Å². The molecule has 2 N–H and O–H groups in total. The van der Waals surface area contributed by atoms with E-state index in [0.29, 0.717) is 0 Å². The monoisotopic (exact) mass is 329 g/mol. The Kier molecular flexibility index (Phi) is 4.84. The molecule has 2 aromatic carbocycles. The summed E-state index contributed by atoms with van der Waals surface area (Å²) in [7, 11) is -4.03. The normalized spacial score (nSPS) is 11.5. The maximum absolute atomic E-state index is 13.7. The molecule has 2 aromatic rings. The lowest BCUT2D eigenvalue weighted by Crippen LogP contribution is -2.13. The van der Waals surface area contributed by atoms with Crippen molar-refractivity contribution in [1.29, 1.82) is 0 Å². The zero-order chi connectivity index (χ0) is 15.5. The molecule has 0 saturated carbocycles. The molecular weight excluding hydrogens is 316 g/mol. The lowest BCUT2D eigenvalue weighted by Gasteiger charge is -2.08. The van der Waals surface area contributed by atoms with E-state index in [-0.39, 0.29) is 17.2 Å². The summed E-state index contributed by atoms with van der Waals surface area (Å²) < 4.78 is 51.4. The van der Waals surface area contributed by atoms with Crippen molar-refractivity contribution in [2.75, 3.05) is 17.2 Å². The Balaban J connectivity index is 2.12. The van der Waals surface area contributed by atoms with Crippen LogP contribution in [0, 0.1) is 11.6 Å². The van der Waals surface area contributed by atoms with Crippen molar-refractivity contribution in [1.82, 2.24) is 0 Å². The highest BCUT2D eigenvalue weighted by molar-refractivity contribution is 8.00. The van der Waals surface area contributed by atoms with Crippen LogP contribution in [0.25, 0.3) is 0 Å². The predicted molar refractivity (Wildman–Crippen MR) is 80.0 cm³/mol. The van der Waals surface area contributed by atoms with Crippen LogP contribution in [0.15, 0.2) is 52.3 Å². The molecule has 0 aliphatic rings. The lowest BCUT2D eigenvalue weighted by molar-refractivity contribution is 0.521. The molecular formula is C14H13F2NO2S2. The van der Waals surface area contributed by atoms with Crippen LogP contribution in [-0.2, 0) is 9.84 Å². The summed E-state index contributed by atoms with van der Waals surface area (Å²) in [6.45, 7) is 0. The molecule has 0 aromatic heterocycles. The minimum atomic E-state index is -4.03. The van der Waals surface area contributed by atoms with Gasteiger partial charge in [-0.15, -0.1) is 11.8 Å². The molecule has 3 nitrogen and oxygen atoms in total. The topological polar surface area (TPSA) is 60.2 Å². The van der Waals surface area contributed by atoms with Gasteiger partial charge < -0.3 is 5.73 Å². The molecule has 0 aliphatic carbocycles. The highest BCUT2D eigenvalue weighted by Crippen LogP contribution is 2.24. The van der Waals surface area contributed by atoms with Crippen molar-refractivity contribution < 1.29 is 17.2 Å². The maximum atomic E-state index is 13.7. The fraction of sp³-hybridized carbons (Fsp3) is 0.143. The van der Waals surface area contributed by atoms with Gasteiger partial charge in [0.1, 0.15) is 16.5 Å². The molecule has 0 unspecified atom stereocenters. The van der Waals surface area contributed by atoms with Crippen LogP contribution in [0.1, 0.15) is 0 Å². The first-order valence-corrected chi connectivity index (χ1v) is 8.69. The number of rotatable bonds is 5. The largest absolute Gasteiger partial charge is 0.399 e. The van der Waals surface area contributed by atoms with E-state index in [1.807, 2.05) is 30.3 Å². The zero-order valence-electron chi connectivity index (χ0n) is 10.9. The molecule has 0 fully saturated rings. The molecule has 2 rings (SSSR count). The van der Waals surface area contributed by atoms with Crippen molar-refractivity contribution in [2.24, 2.45) is 0 Å². The van der Waals surface area contributed by atoms with E-state index in [9.17, 15) is 17.2 Å². The first-order valence-electron chi connectivity index (χ1n) is 6.05. The summed E-state index contributed by atoms with van der Waals surface area (Å²) >= 11 is 1.31. The Bertz CT molecular complexity index is 711. The average molecular weight is 329 g/mol. The van der Waals surface area contributed by atoms with E-state index in [4.69, 9.17) is 5.73 Å². The molecule has 112 valence electrons. The van der Waals surface area contributed by atoms with Crippen LogP contribution < -0.4 is 5.73 Å². The summed E-state index contributed by atoms with van der Waals surface area (Å²) in [6.07, 6.45) is 0. The van der Waals surface area contributed by atoms with Gasteiger partial charge in [-0.05, 0) is 24.3 Å². The van der Waals surface area contributed by atoms with Crippen LogP contribution in [0.3, 0.4) is 0 Å². The minimum absolute atomic E-state index is 0.150. The molecule has 0 atom stereocenters. The van der Waals surface area contributed by atoms with Gasteiger partial charge >= 0.3 is 0 Å². The van der Waals surface area contributed by atoms with Gasteiger partial charge in [-0.2, -0.15) is 0 Å². The quantitative estimate of drug-likeness (QED) is 0.676. The van der Waals surface area contributed by atoms with Gasteiger partial charge in [0.2, 0.25) is 0 Å². The van der Waals surface area contributed by atoms with Crippen molar-refractivity contribution >= 4 is 27.3 Å². The number of hydrogen-bond donors (Lipinski definition) is 1. The fourth-order valence-electron chi connectivity index (χ4n) is 1.76. The van der Waals surface area contributed by atoms with E-state index in [1.165, 1.54) is 11.8 Å². The standard InChI is InChI=1S/C14H13F2NO2S2/c15-12-8-10(17)9-13(16)14(12)21(18,19)7-6-20-11-4-2-1-3-5-11/h1-5,8-9H,6-7,17H2. The number of hydrogen-bond acceptors (Lipinski definition) is 4. The Morgan fingerprint density at radius 1 is 1.05 bits per heavy atom. The number of nitrogens with two attached hydrogens (primary N) is 1. The highest BCUT2D eigenvalue weighted by atomic mass is 32.2. The molecule has 0 radical (unpaired) electrons. The van der Waals surface area contributed by atoms with Gasteiger partial charge in [0.15, 0.2) is 9.84 Å². The van der Waals surface area contributed by atoms with E-state index >= 15 is 0 Å². The second-order valence-electron chi connectivity index (χ2n) is 4.29. The highest BCUT2D eigenvalue weighted by Gasteiger charge is 2.24. The van der Waals surface area contributed by atoms with Crippen LogP contribution >= 0.6 is 11.8 Å². The van der Waals surface area contributed by atoms with Crippen molar-refractivity contribution in [3.05, 3.63) is 54.1 Å². The number of nitrogen functional groups attached to an aromatic ring is 1. The number of thioether (sulfide) groups is 1. The van der Waals surface area contributed by atoms with E-state index in [1.54, 1.807) is 0 Å². The van der Waals surface area contributed by atoms with Crippen molar-refractivity contribution in [3.8, 4) is 0 Å². The molecule has 0 saturated heterocycles. The SMILES string of the molecule is Nc1cc(F)c(S(=O)(=O)CCSc2ccccc2)c(F)c1. The van der Waals surface area contributed by atoms with E-state index in [2.05, 4.69) is 0 Å². The van der Waals surface area contributed by atoms with Crippen molar-refractivity contribution in [3.63, 3.8) is 0 Å². The first-order chi connectivity index (χ1) is 9.90. The third kappa shape index (κ3) is 3.95. The molecule has 0 heterocycles. The van der Waals surface area contributed by atoms with Gasteiger partial charge in [0, 0.05) is 16.3 Å². The number of anilines is 1. The summed E-state index contributed by atoms with van der Waals surface area (Å²) in [5, 5.41) is 0. The second kappa shape index (κ2) is 6.44. The Morgan fingerprint density at radius 2 is 1.62 bits per heavy atom. The molecule has 0 bridgehead atoms. The number of sulfone groups is 1. The summed E-state index contributed by atoms with van der Waals surface area (Å²) in [6, 6.07) is 10.8. The second-order valence-corrected chi connectivity index (χ2v) is 7.51. The van der Waals surface area contributed by atoms with Gasteiger partial charge in [-0.1, -0.05) is 18.2 Å². The molecule has 21 heavy (non-hydrogen) atoms. The summed E-state index contributed by atoms with van der Waals surface area (Å²) in [5.74, 6) is -2.46. The van der Waals surface area contributed by atoms with E-state index in [0.717, 1.165) is 17.0 Å². The fourth-order valence-corrected chi connectivity index (χ4v) is 4.48. The summed E-state index contributed by atoms with van der Waals surface area (Å²) in [4.78, 5) is -0.0173. The predicted octanol–water partition coefficient (Wildman–Crippen LogP) is 3.11. The van der Waals surface area contributed by atoms with Crippen LogP contribution in [-0.4, -0.2) is 19.9 Å². The Morgan fingerprint density at radius 3 is 2.19 bits per heavy atom. The summed E-state index contributed by atoms with van der Waals surface area (Å²) in [5.41, 5.74) is 5.12. The number of halogens is 2. The maximum Gasteiger partial charge on any atom is 0.185 e. The minimum Gasteiger partial charge on any atom is -0.399 e. The average Bonchev–Trinajstić information content (AvgIpc) is 2.38. The van der Waals surface area contributed by atoms with Crippen LogP contribution in [0.2, 0.25) is 0 Å². The van der Waals surface area contributed by atoms with E-state index < -0.39 is 26.4 Å². The molecule has 0 aliphatic heterocycles. The third-order valence-corrected chi connectivity index (χ3v) is 5.72. The van der Waals surface area contributed by atoms with Crippen molar-refractivity contribution in [2.45, 2.75) is 9.79 Å². The molecule has 7 heteroatoms. The third-order valence-electron chi connectivity index (χ3n) is 2.70.